The Labute approximate surface area is 292 Å². The molecule has 3 aliphatic rings. The van der Waals surface area contributed by atoms with Gasteiger partial charge in [-0.3, -0.25) is 9.59 Å². The van der Waals surface area contributed by atoms with Gasteiger partial charge >= 0.3 is 20.0 Å². The molecule has 9 nitrogen and oxygen atoms in total. The number of nitrogens with one attached hydrogen (secondary N) is 2. The number of carbonyl (C=O) groups excluding carboxylic acids is 2. The third kappa shape index (κ3) is 13.7. The zero-order valence-electron chi connectivity index (χ0n) is 30.1. The van der Waals surface area contributed by atoms with Crippen LogP contribution >= 0.6 is 0 Å². The Morgan fingerprint density at radius 1 is 0.596 bits per heavy atom. The van der Waals surface area contributed by atoms with Crippen molar-refractivity contribution in [3.63, 3.8) is 0 Å². The number of hydrogen-bond acceptors (Lipinski definition) is 9. The van der Waals surface area contributed by atoms with E-state index in [4.69, 9.17) is 22.4 Å². The molecule has 0 radical (unpaired) electrons. The zero-order chi connectivity index (χ0) is 36.8. The van der Waals surface area contributed by atoms with Crippen LogP contribution in [-0.2, 0) is 29.6 Å². The molecule has 0 unspecified atom stereocenters. The topological polar surface area (TPSA) is 168 Å². The van der Waals surface area contributed by atoms with Crippen molar-refractivity contribution in [2.75, 3.05) is 0 Å². The van der Waals surface area contributed by atoms with Gasteiger partial charge in [-0.15, -0.1) is 10.2 Å². The minimum atomic E-state index is -4.94. The van der Waals surface area contributed by atoms with Crippen molar-refractivity contribution in [3.05, 3.63) is 70.1 Å². The molecule has 1 saturated carbocycles. The van der Waals surface area contributed by atoms with Crippen LogP contribution in [0.15, 0.2) is 70.1 Å². The molecule has 0 aromatic carbocycles. The fraction of sp³-hybridized carbons (Fsp3) is 0.611. The van der Waals surface area contributed by atoms with Gasteiger partial charge in [0.2, 0.25) is 0 Å². The molecule has 3 aliphatic carbocycles. The Bertz CT molecular complexity index is 1240. The van der Waals surface area contributed by atoms with Gasteiger partial charge in [-0.05, 0) is 57.8 Å². The Morgan fingerprint density at radius 3 is 1.11 bits per heavy atom. The van der Waals surface area contributed by atoms with Crippen molar-refractivity contribution >= 4 is 11.6 Å². The summed E-state index contributed by atoms with van der Waals surface area (Å²) in [6.07, 6.45) is 16.5. The number of hydrogen-bond donors (Lipinski definition) is 2. The van der Waals surface area contributed by atoms with E-state index in [2.05, 4.69) is 118 Å². The van der Waals surface area contributed by atoms with Gasteiger partial charge in [-0.1, -0.05) is 108 Å². The number of halogens is 1. The van der Waals surface area contributed by atoms with Crippen molar-refractivity contribution in [2.24, 2.45) is 21.7 Å². The first-order valence-electron chi connectivity index (χ1n) is 15.9. The molecule has 0 aliphatic heterocycles. The van der Waals surface area contributed by atoms with Gasteiger partial charge in [0.15, 0.2) is 11.6 Å². The Balaban J connectivity index is 0.00000144. The van der Waals surface area contributed by atoms with E-state index in [1.54, 1.807) is 0 Å². The summed E-state index contributed by atoms with van der Waals surface area (Å²) in [7, 11) is -4.94. The molecule has 2 atom stereocenters. The molecule has 3 rings (SSSR count). The van der Waals surface area contributed by atoms with Crippen LogP contribution in [-0.4, -0.2) is 23.7 Å². The molecular weight excluding hydrogens is 660 g/mol. The average molecular weight is 714 g/mol. The number of rotatable bonds is 4. The normalized spacial score (nSPS) is 23.0. The molecule has 0 bridgehead atoms. The van der Waals surface area contributed by atoms with Crippen molar-refractivity contribution < 1.29 is 58.5 Å². The maximum atomic E-state index is 13.5. The number of Topliss-reactive ketones (excluding diaryl/α,β-unsaturated/α-hetero) is 2. The van der Waals surface area contributed by atoms with E-state index in [1.165, 1.54) is 27.4 Å². The standard InChI is InChI=1S/C36H54N2O2.ClHO4.Cr.O/c1-33(2,3)25-17-23(31(39)27(19-25)35(7,8)9)21-37-29-15-13-14-16-30(29)38-22-24-18-26(34(4,5)6)20-28(32(24)40)36(10,11)12;2-1(3,4)5;;/h17-22,29-30,37-38H,13-16H2,1-12H3;(H,2,3,4,5);;/p-1/b23-21-,24-22-;;;/t29-,30-;;;/m0.../s1. The van der Waals surface area contributed by atoms with Crippen LogP contribution in [0.1, 0.15) is 109 Å². The molecule has 0 aromatic heterocycles. The second-order valence-electron chi connectivity index (χ2n) is 16.4. The van der Waals surface area contributed by atoms with E-state index in [1.807, 2.05) is 12.4 Å². The van der Waals surface area contributed by atoms with Crippen LogP contribution in [0.2, 0.25) is 0 Å². The van der Waals surface area contributed by atoms with Gasteiger partial charge < -0.3 is 10.6 Å². The van der Waals surface area contributed by atoms with Crippen LogP contribution in [0.25, 0.3) is 0 Å². The average Bonchev–Trinajstić information content (AvgIpc) is 2.90. The van der Waals surface area contributed by atoms with E-state index in [-0.39, 0.29) is 45.3 Å². The zero-order valence-corrected chi connectivity index (χ0v) is 32.1. The third-order valence-electron chi connectivity index (χ3n) is 8.26. The number of ketones is 2. The van der Waals surface area contributed by atoms with E-state index < -0.39 is 10.2 Å². The van der Waals surface area contributed by atoms with Gasteiger partial charge in [-0.2, -0.15) is 0 Å². The van der Waals surface area contributed by atoms with E-state index in [9.17, 15) is 9.59 Å². The Hall–Kier alpha value is -2.16. The molecular formula is C36H54ClCrN2O7-. The summed E-state index contributed by atoms with van der Waals surface area (Å²) in [6, 6.07) is 0.340. The number of allylic oxidation sites excluding steroid dienone is 10. The minimum absolute atomic E-state index is 0.0519. The summed E-state index contributed by atoms with van der Waals surface area (Å²) < 4.78 is 42.1. The van der Waals surface area contributed by atoms with Crippen LogP contribution in [0.4, 0.5) is 0 Å². The molecule has 1 fully saturated rings. The molecule has 0 amide bonds. The second-order valence-corrected chi connectivity index (χ2v) is 17.1. The molecule has 0 spiro atoms. The molecule has 0 heterocycles. The van der Waals surface area contributed by atoms with Gasteiger partial charge in [-0.25, -0.2) is 18.6 Å². The van der Waals surface area contributed by atoms with Crippen molar-refractivity contribution in [2.45, 2.75) is 121 Å². The SMILES string of the molecule is CC(C)(C)C1=C/C(=C/N[C@H]2CCCC[C@@H]2N/C=C2/C=C(C(C)(C)C)C=C(C(C)(C)C)C2=O)C(=O)C(C(C)(C)C)=C1.[O-][Cl+3]([O-])([O-])[O-].[O]=[Cr]. The molecule has 11 heteroatoms. The summed E-state index contributed by atoms with van der Waals surface area (Å²) >= 11 is 1.38. The van der Waals surface area contributed by atoms with E-state index in [0.717, 1.165) is 48.0 Å². The fourth-order valence-electron chi connectivity index (χ4n) is 5.42. The third-order valence-corrected chi connectivity index (χ3v) is 8.26. The maximum absolute atomic E-state index is 13.5. The first-order valence-corrected chi connectivity index (χ1v) is 17.6. The van der Waals surface area contributed by atoms with Crippen LogP contribution in [0.5, 0.6) is 0 Å². The van der Waals surface area contributed by atoms with Crippen molar-refractivity contribution in [1.82, 2.24) is 10.6 Å². The van der Waals surface area contributed by atoms with Crippen LogP contribution < -0.4 is 29.3 Å². The molecule has 47 heavy (non-hydrogen) atoms. The van der Waals surface area contributed by atoms with Gasteiger partial charge in [0.1, 0.15) is 0 Å². The summed E-state index contributed by atoms with van der Waals surface area (Å²) in [4.78, 5) is 27.0. The van der Waals surface area contributed by atoms with Gasteiger partial charge in [0.05, 0.1) is 0 Å². The van der Waals surface area contributed by atoms with Gasteiger partial charge in [0.25, 0.3) is 0 Å². The summed E-state index contributed by atoms with van der Waals surface area (Å²) in [5.74, 6) is 0.203. The molecule has 264 valence electrons. The number of carbonyl (C=O) groups is 2. The summed E-state index contributed by atoms with van der Waals surface area (Å²) in [6.45, 7) is 25.8. The molecule has 0 saturated heterocycles. The summed E-state index contributed by atoms with van der Waals surface area (Å²) in [5.41, 5.74) is 4.95. The first-order chi connectivity index (χ1) is 21.2. The Kier molecular flexibility index (Phi) is 15.0. The molecule has 2 N–H and O–H groups in total. The Morgan fingerprint density at radius 2 is 0.872 bits per heavy atom. The predicted octanol–water partition coefficient (Wildman–Crippen LogP) is 3.42. The van der Waals surface area contributed by atoms with E-state index >= 15 is 0 Å². The molecule has 0 aromatic rings. The van der Waals surface area contributed by atoms with Crippen LogP contribution in [0, 0.1) is 31.9 Å². The fourth-order valence-corrected chi connectivity index (χ4v) is 5.42. The quantitative estimate of drug-likeness (QED) is 0.415. The van der Waals surface area contributed by atoms with Crippen molar-refractivity contribution in [3.8, 4) is 0 Å². The summed E-state index contributed by atoms with van der Waals surface area (Å²) in [5, 5.41) is 7.25. The van der Waals surface area contributed by atoms with Gasteiger partial charge in [0, 0.05) is 46.8 Å². The second kappa shape index (κ2) is 16.5. The van der Waals surface area contributed by atoms with Crippen molar-refractivity contribution in [1.29, 1.82) is 0 Å². The first kappa shape index (κ1) is 42.9. The predicted molar refractivity (Wildman–Crippen MR) is 169 cm³/mol. The monoisotopic (exact) mass is 713 g/mol. The van der Waals surface area contributed by atoms with Crippen LogP contribution in [0.3, 0.4) is 0 Å². The van der Waals surface area contributed by atoms with E-state index in [0.29, 0.717) is 0 Å².